The Kier molecular flexibility index (Phi) is 3.60. The summed E-state index contributed by atoms with van der Waals surface area (Å²) in [4.78, 5) is 10.9. The van der Waals surface area contributed by atoms with Crippen LogP contribution in [0.25, 0.3) is 11.3 Å². The number of methoxy groups -OCH3 is 2. The van der Waals surface area contributed by atoms with Crippen molar-refractivity contribution in [3.8, 4) is 22.8 Å². The third kappa shape index (κ3) is 2.18. The highest BCUT2D eigenvalue weighted by Gasteiger charge is 2.22. The molecule has 0 unspecified atom stereocenters. The van der Waals surface area contributed by atoms with E-state index < -0.39 is 11.8 Å². The van der Waals surface area contributed by atoms with Crippen molar-refractivity contribution in [3.05, 3.63) is 29.7 Å². The van der Waals surface area contributed by atoms with Crippen LogP contribution >= 0.6 is 0 Å². The molecule has 2 rings (SSSR count). The molecule has 1 N–H and O–H groups in total. The van der Waals surface area contributed by atoms with Crippen molar-refractivity contribution >= 4 is 5.97 Å². The minimum absolute atomic E-state index is 0.106. The third-order valence-electron chi connectivity index (χ3n) is 2.85. The van der Waals surface area contributed by atoms with Gasteiger partial charge in [-0.05, 0) is 18.2 Å². The van der Waals surface area contributed by atoms with Crippen molar-refractivity contribution in [1.29, 1.82) is 0 Å². The molecule has 0 aliphatic heterocycles. The first-order valence-electron chi connectivity index (χ1n) is 5.67. The second-order valence-corrected chi connectivity index (χ2v) is 4.00. The van der Waals surface area contributed by atoms with E-state index >= 15 is 0 Å². The Morgan fingerprint density at radius 2 is 2.05 bits per heavy atom. The average Bonchev–Trinajstić information content (AvgIpc) is 2.80. The lowest BCUT2D eigenvalue weighted by Crippen LogP contribution is -2.01. The van der Waals surface area contributed by atoms with Gasteiger partial charge < -0.3 is 14.6 Å². The Hall–Kier alpha value is -2.57. The van der Waals surface area contributed by atoms with Crippen LogP contribution in [0.4, 0.5) is 4.39 Å². The quantitative estimate of drug-likeness (QED) is 0.926. The number of nitrogens with zero attached hydrogens (tertiary/aromatic N) is 2. The summed E-state index contributed by atoms with van der Waals surface area (Å²) in [5, 5.41) is 12.8. The van der Waals surface area contributed by atoms with Gasteiger partial charge >= 0.3 is 5.97 Å². The highest BCUT2D eigenvalue weighted by Crippen LogP contribution is 2.39. The highest BCUT2D eigenvalue weighted by atomic mass is 19.1. The summed E-state index contributed by atoms with van der Waals surface area (Å²) in [5.41, 5.74) is 0.219. The van der Waals surface area contributed by atoms with Crippen LogP contribution < -0.4 is 9.47 Å². The Morgan fingerprint density at radius 1 is 1.35 bits per heavy atom. The van der Waals surface area contributed by atoms with Crippen LogP contribution in [0.3, 0.4) is 0 Å². The molecule has 0 atom stereocenters. The molecule has 1 aromatic carbocycles. The molecule has 1 heterocycles. The van der Waals surface area contributed by atoms with E-state index in [0.717, 1.165) is 0 Å². The molecule has 6 nitrogen and oxygen atoms in total. The van der Waals surface area contributed by atoms with Gasteiger partial charge in [0.25, 0.3) is 0 Å². The SMILES string of the molecule is COc1ccc(F)c(-c2cc(C(=O)O)nn2C)c1OC. The topological polar surface area (TPSA) is 73.6 Å². The van der Waals surface area contributed by atoms with Crippen molar-refractivity contribution in [2.45, 2.75) is 0 Å². The fourth-order valence-corrected chi connectivity index (χ4v) is 1.95. The number of benzene rings is 1. The number of carbonyl (C=O) groups is 1. The number of ether oxygens (including phenoxy) is 2. The lowest BCUT2D eigenvalue weighted by molar-refractivity contribution is 0.0689. The van der Waals surface area contributed by atoms with E-state index in [1.54, 1.807) is 0 Å². The summed E-state index contributed by atoms with van der Waals surface area (Å²) in [6.45, 7) is 0. The van der Waals surface area contributed by atoms with Crippen LogP contribution in [-0.2, 0) is 7.05 Å². The zero-order chi connectivity index (χ0) is 14.9. The van der Waals surface area contributed by atoms with Crippen molar-refractivity contribution in [3.63, 3.8) is 0 Å². The molecule has 0 aliphatic rings. The number of aryl methyl sites for hydroxylation is 1. The number of aromatic carboxylic acids is 1. The minimum Gasteiger partial charge on any atom is -0.493 e. The van der Waals surface area contributed by atoms with Gasteiger partial charge in [0.05, 0.1) is 25.5 Å². The molecule has 0 fully saturated rings. The van der Waals surface area contributed by atoms with E-state index in [1.807, 2.05) is 0 Å². The second kappa shape index (κ2) is 5.20. The normalized spacial score (nSPS) is 10.4. The zero-order valence-corrected chi connectivity index (χ0v) is 11.2. The van der Waals surface area contributed by atoms with Crippen LogP contribution in [0.5, 0.6) is 11.5 Å². The van der Waals surface area contributed by atoms with Crippen LogP contribution in [0.2, 0.25) is 0 Å². The van der Waals surface area contributed by atoms with Crippen LogP contribution in [0.1, 0.15) is 10.5 Å². The highest BCUT2D eigenvalue weighted by molar-refractivity contribution is 5.87. The van der Waals surface area contributed by atoms with Crippen molar-refractivity contribution in [1.82, 2.24) is 9.78 Å². The molecule has 0 radical (unpaired) electrons. The van der Waals surface area contributed by atoms with Gasteiger partial charge in [-0.2, -0.15) is 5.10 Å². The molecule has 0 saturated carbocycles. The van der Waals surface area contributed by atoms with E-state index in [0.29, 0.717) is 5.75 Å². The van der Waals surface area contributed by atoms with Gasteiger partial charge in [-0.25, -0.2) is 9.18 Å². The van der Waals surface area contributed by atoms with Gasteiger partial charge in [0.15, 0.2) is 17.2 Å². The number of carboxylic acids is 1. The molecule has 0 amide bonds. The average molecular weight is 280 g/mol. The third-order valence-corrected chi connectivity index (χ3v) is 2.85. The number of hydrogen-bond acceptors (Lipinski definition) is 4. The van der Waals surface area contributed by atoms with Gasteiger partial charge in [0, 0.05) is 7.05 Å². The second-order valence-electron chi connectivity index (χ2n) is 4.00. The van der Waals surface area contributed by atoms with E-state index in [2.05, 4.69) is 5.10 Å². The number of halogens is 1. The van der Waals surface area contributed by atoms with E-state index in [9.17, 15) is 9.18 Å². The van der Waals surface area contributed by atoms with Crippen molar-refractivity contribution in [2.24, 2.45) is 7.05 Å². The molecule has 0 bridgehead atoms. The number of rotatable bonds is 4. The first-order valence-corrected chi connectivity index (χ1v) is 5.67. The monoisotopic (exact) mass is 280 g/mol. The van der Waals surface area contributed by atoms with Crippen LogP contribution in [0.15, 0.2) is 18.2 Å². The molecule has 1 aromatic heterocycles. The van der Waals surface area contributed by atoms with E-state index in [1.165, 1.54) is 44.1 Å². The molecule has 0 saturated heterocycles. The summed E-state index contributed by atoms with van der Waals surface area (Å²) in [7, 11) is 4.35. The molecular formula is C13H13FN2O4. The van der Waals surface area contributed by atoms with Gasteiger partial charge in [-0.15, -0.1) is 0 Å². The Balaban J connectivity index is 2.71. The standard InChI is InChI=1S/C13H13FN2O4/c1-16-9(6-8(15-16)13(17)18)11-7(14)4-5-10(19-2)12(11)20-3/h4-6H,1-3H3,(H,17,18). The summed E-state index contributed by atoms with van der Waals surface area (Å²) >= 11 is 0. The predicted molar refractivity (Wildman–Crippen MR) is 68.7 cm³/mol. The first-order chi connectivity index (χ1) is 9.49. The Labute approximate surface area is 114 Å². The molecule has 20 heavy (non-hydrogen) atoms. The van der Waals surface area contributed by atoms with Crippen LogP contribution in [0, 0.1) is 5.82 Å². The summed E-state index contributed by atoms with van der Waals surface area (Å²) in [5.74, 6) is -1.20. The molecule has 0 aliphatic carbocycles. The summed E-state index contributed by atoms with van der Waals surface area (Å²) in [6, 6.07) is 3.94. The molecule has 2 aromatic rings. The lowest BCUT2D eigenvalue weighted by Gasteiger charge is -2.13. The van der Waals surface area contributed by atoms with Gasteiger partial charge in [0.1, 0.15) is 5.82 Å². The van der Waals surface area contributed by atoms with E-state index in [-0.39, 0.29) is 22.7 Å². The zero-order valence-electron chi connectivity index (χ0n) is 11.2. The molecule has 106 valence electrons. The fourth-order valence-electron chi connectivity index (χ4n) is 1.95. The molecular weight excluding hydrogens is 267 g/mol. The summed E-state index contributed by atoms with van der Waals surface area (Å²) < 4.78 is 25.7. The predicted octanol–water partition coefficient (Wildman–Crippen LogP) is 1.94. The number of hydrogen-bond donors (Lipinski definition) is 1. The first kappa shape index (κ1) is 13.9. The van der Waals surface area contributed by atoms with Gasteiger partial charge in [-0.1, -0.05) is 0 Å². The molecule has 7 heteroatoms. The summed E-state index contributed by atoms with van der Waals surface area (Å²) in [6.07, 6.45) is 0. The van der Waals surface area contributed by atoms with E-state index in [4.69, 9.17) is 14.6 Å². The Bertz CT molecular complexity index is 667. The van der Waals surface area contributed by atoms with Crippen LogP contribution in [-0.4, -0.2) is 35.1 Å². The van der Waals surface area contributed by atoms with Crippen molar-refractivity contribution < 1.29 is 23.8 Å². The number of aromatic nitrogens is 2. The van der Waals surface area contributed by atoms with Gasteiger partial charge in [-0.3, -0.25) is 4.68 Å². The minimum atomic E-state index is -1.19. The smallest absolute Gasteiger partial charge is 0.356 e. The van der Waals surface area contributed by atoms with Crippen molar-refractivity contribution in [2.75, 3.05) is 14.2 Å². The lowest BCUT2D eigenvalue weighted by atomic mass is 10.1. The largest absolute Gasteiger partial charge is 0.493 e. The maximum absolute atomic E-state index is 14.1. The maximum atomic E-state index is 14.1. The Morgan fingerprint density at radius 3 is 2.55 bits per heavy atom. The molecule has 0 spiro atoms. The van der Waals surface area contributed by atoms with Gasteiger partial charge in [0.2, 0.25) is 0 Å². The maximum Gasteiger partial charge on any atom is 0.356 e. The number of carboxylic acid groups (broad SMARTS) is 1. The fraction of sp³-hybridized carbons (Fsp3) is 0.231.